The number of carboxylic acid groups (broad SMARTS) is 1. The predicted molar refractivity (Wildman–Crippen MR) is 79.4 cm³/mol. The van der Waals surface area contributed by atoms with Crippen molar-refractivity contribution in [2.24, 2.45) is 0 Å². The lowest BCUT2D eigenvalue weighted by Gasteiger charge is -2.08. The van der Waals surface area contributed by atoms with Gasteiger partial charge < -0.3 is 5.11 Å². The van der Waals surface area contributed by atoms with E-state index in [4.69, 9.17) is 5.11 Å². The number of carbonyl (C=O) groups is 1. The second-order valence-electron chi connectivity index (χ2n) is 4.42. The van der Waals surface area contributed by atoms with Crippen LogP contribution in [0.25, 0.3) is 11.3 Å². The topological polar surface area (TPSA) is 93.3 Å². The van der Waals surface area contributed by atoms with Gasteiger partial charge in [-0.1, -0.05) is 18.2 Å². The van der Waals surface area contributed by atoms with Gasteiger partial charge in [0.1, 0.15) is 0 Å². The highest BCUT2D eigenvalue weighted by Crippen LogP contribution is 2.25. The molecule has 0 fully saturated rings. The van der Waals surface area contributed by atoms with Gasteiger partial charge in [0.15, 0.2) is 0 Å². The molecule has 21 heavy (non-hydrogen) atoms. The van der Waals surface area contributed by atoms with Gasteiger partial charge in [-0.2, -0.15) is 0 Å². The van der Waals surface area contributed by atoms with E-state index in [9.17, 15) is 14.9 Å². The van der Waals surface area contributed by atoms with Gasteiger partial charge in [-0.15, -0.1) is 0 Å². The van der Waals surface area contributed by atoms with Crippen LogP contribution in [0.3, 0.4) is 0 Å². The van der Waals surface area contributed by atoms with E-state index in [1.165, 1.54) is 0 Å². The van der Waals surface area contributed by atoms with Crippen molar-refractivity contribution in [1.82, 2.24) is 4.98 Å². The molecule has 0 spiro atoms. The summed E-state index contributed by atoms with van der Waals surface area (Å²) in [6, 6.07) is 8.50. The summed E-state index contributed by atoms with van der Waals surface area (Å²) in [5.41, 5.74) is 2.25. The maximum absolute atomic E-state index is 10.8. The number of carboxylic acids is 1. The molecule has 0 bridgehead atoms. The summed E-state index contributed by atoms with van der Waals surface area (Å²) >= 11 is 3.24. The van der Waals surface area contributed by atoms with Crippen molar-refractivity contribution in [3.8, 4) is 11.3 Å². The monoisotopic (exact) mass is 350 g/mol. The first-order valence-electron chi connectivity index (χ1n) is 6.03. The molecule has 1 N–H and O–H groups in total. The Hall–Kier alpha value is -2.28. The summed E-state index contributed by atoms with van der Waals surface area (Å²) in [4.78, 5) is 25.3. The van der Waals surface area contributed by atoms with Gasteiger partial charge in [-0.3, -0.25) is 19.9 Å². The number of pyridine rings is 1. The van der Waals surface area contributed by atoms with Gasteiger partial charge in [0, 0.05) is 26.7 Å². The SMILES string of the molecule is O=C(O)Cc1cccc(-c2ncc(Br)cc2C[N+](=O)[O-])c1. The van der Waals surface area contributed by atoms with Crippen LogP contribution in [0.15, 0.2) is 41.0 Å². The van der Waals surface area contributed by atoms with Crippen LogP contribution in [-0.2, 0) is 17.8 Å². The second kappa shape index (κ2) is 6.45. The molecule has 7 heteroatoms. The summed E-state index contributed by atoms with van der Waals surface area (Å²) < 4.78 is 0.657. The quantitative estimate of drug-likeness (QED) is 0.660. The third-order valence-corrected chi connectivity index (χ3v) is 3.22. The number of aliphatic carboxylic acids is 1. The van der Waals surface area contributed by atoms with Gasteiger partial charge in [0.25, 0.3) is 0 Å². The van der Waals surface area contributed by atoms with Crippen molar-refractivity contribution < 1.29 is 14.8 Å². The van der Waals surface area contributed by atoms with E-state index in [0.717, 1.165) is 0 Å². The van der Waals surface area contributed by atoms with Crippen molar-refractivity contribution in [2.45, 2.75) is 13.0 Å². The summed E-state index contributed by atoms with van der Waals surface area (Å²) in [5, 5.41) is 19.6. The van der Waals surface area contributed by atoms with Gasteiger partial charge in [-0.05, 0) is 33.6 Å². The van der Waals surface area contributed by atoms with E-state index < -0.39 is 10.9 Å². The number of halogens is 1. The van der Waals surface area contributed by atoms with Crippen LogP contribution in [0.2, 0.25) is 0 Å². The number of benzene rings is 1. The fraction of sp³-hybridized carbons (Fsp3) is 0.143. The van der Waals surface area contributed by atoms with Crippen LogP contribution in [0.4, 0.5) is 0 Å². The lowest BCUT2D eigenvalue weighted by Crippen LogP contribution is -2.03. The Morgan fingerprint density at radius 1 is 1.38 bits per heavy atom. The van der Waals surface area contributed by atoms with Gasteiger partial charge in [-0.25, -0.2) is 0 Å². The van der Waals surface area contributed by atoms with Gasteiger partial charge in [0.2, 0.25) is 6.54 Å². The minimum Gasteiger partial charge on any atom is -0.481 e. The van der Waals surface area contributed by atoms with Crippen LogP contribution >= 0.6 is 15.9 Å². The molecule has 0 atom stereocenters. The average Bonchev–Trinajstić information content (AvgIpc) is 2.37. The molecule has 0 saturated carbocycles. The Morgan fingerprint density at radius 3 is 2.81 bits per heavy atom. The molecule has 0 aliphatic heterocycles. The number of nitro groups is 1. The van der Waals surface area contributed by atoms with Crippen molar-refractivity contribution in [2.75, 3.05) is 0 Å². The average molecular weight is 351 g/mol. The molecule has 1 aromatic carbocycles. The summed E-state index contributed by atoms with van der Waals surface area (Å²) in [5.74, 6) is -0.929. The Bertz CT molecular complexity index is 703. The first kappa shape index (κ1) is 15.1. The third-order valence-electron chi connectivity index (χ3n) is 2.79. The molecule has 0 amide bonds. The fourth-order valence-corrected chi connectivity index (χ4v) is 2.38. The molecule has 0 saturated heterocycles. The second-order valence-corrected chi connectivity index (χ2v) is 5.34. The minimum absolute atomic E-state index is 0.102. The van der Waals surface area contributed by atoms with Gasteiger partial charge in [0.05, 0.1) is 12.1 Å². The zero-order chi connectivity index (χ0) is 15.4. The maximum Gasteiger partial charge on any atom is 0.307 e. The lowest BCUT2D eigenvalue weighted by molar-refractivity contribution is -0.496. The largest absolute Gasteiger partial charge is 0.481 e. The summed E-state index contributed by atoms with van der Waals surface area (Å²) in [6.45, 7) is -0.342. The Morgan fingerprint density at radius 2 is 2.14 bits per heavy atom. The smallest absolute Gasteiger partial charge is 0.307 e. The molecule has 0 aliphatic carbocycles. The van der Waals surface area contributed by atoms with Crippen LogP contribution in [-0.4, -0.2) is 21.0 Å². The fourth-order valence-electron chi connectivity index (χ4n) is 2.00. The Labute approximate surface area is 128 Å². The minimum atomic E-state index is -0.929. The van der Waals surface area contributed by atoms with Crippen LogP contribution in [0.5, 0.6) is 0 Å². The number of nitrogens with zero attached hydrogens (tertiary/aromatic N) is 2. The van der Waals surface area contributed by atoms with E-state index in [2.05, 4.69) is 20.9 Å². The Balaban J connectivity index is 2.45. The standard InChI is InChI=1S/C14H11BrN2O4/c15-12-6-11(8-17(20)21)14(16-7-12)10-3-1-2-9(4-10)5-13(18)19/h1-4,6-7H,5,8H2,(H,18,19). The molecular weight excluding hydrogens is 340 g/mol. The normalized spacial score (nSPS) is 10.3. The molecule has 6 nitrogen and oxygen atoms in total. The number of hydrogen-bond acceptors (Lipinski definition) is 4. The Kier molecular flexibility index (Phi) is 4.64. The molecule has 1 heterocycles. The van der Waals surface area contributed by atoms with E-state index in [1.54, 1.807) is 36.5 Å². The van der Waals surface area contributed by atoms with Crippen molar-refractivity contribution >= 4 is 21.9 Å². The number of aromatic nitrogens is 1. The number of hydrogen-bond donors (Lipinski definition) is 1. The first-order valence-corrected chi connectivity index (χ1v) is 6.82. The molecule has 2 rings (SSSR count). The van der Waals surface area contributed by atoms with Crippen molar-refractivity contribution in [1.29, 1.82) is 0 Å². The number of rotatable bonds is 5. The van der Waals surface area contributed by atoms with Crippen LogP contribution < -0.4 is 0 Å². The highest BCUT2D eigenvalue weighted by molar-refractivity contribution is 9.10. The zero-order valence-corrected chi connectivity index (χ0v) is 12.4. The molecule has 0 radical (unpaired) electrons. The molecule has 0 aliphatic rings. The predicted octanol–water partition coefficient (Wildman–Crippen LogP) is 2.91. The molecule has 0 unspecified atom stereocenters. The lowest BCUT2D eigenvalue weighted by atomic mass is 10.0. The van der Waals surface area contributed by atoms with E-state index in [0.29, 0.717) is 26.9 Å². The van der Waals surface area contributed by atoms with Gasteiger partial charge >= 0.3 is 5.97 Å². The van der Waals surface area contributed by atoms with Crippen molar-refractivity contribution in [3.05, 3.63) is 62.2 Å². The molecule has 2 aromatic rings. The first-order chi connectivity index (χ1) is 9.95. The summed E-state index contributed by atoms with van der Waals surface area (Å²) in [6.07, 6.45) is 1.46. The zero-order valence-electron chi connectivity index (χ0n) is 10.8. The maximum atomic E-state index is 10.8. The van der Waals surface area contributed by atoms with Crippen LogP contribution in [0.1, 0.15) is 11.1 Å². The van der Waals surface area contributed by atoms with E-state index in [1.807, 2.05) is 0 Å². The van der Waals surface area contributed by atoms with E-state index in [-0.39, 0.29) is 13.0 Å². The third kappa shape index (κ3) is 4.09. The highest BCUT2D eigenvalue weighted by atomic mass is 79.9. The van der Waals surface area contributed by atoms with E-state index >= 15 is 0 Å². The summed E-state index contributed by atoms with van der Waals surface area (Å²) in [7, 11) is 0. The molecule has 108 valence electrons. The van der Waals surface area contributed by atoms with Crippen molar-refractivity contribution in [3.63, 3.8) is 0 Å². The molecule has 1 aromatic heterocycles. The highest BCUT2D eigenvalue weighted by Gasteiger charge is 2.13. The molecular formula is C14H11BrN2O4. The van der Waals surface area contributed by atoms with Crippen LogP contribution in [0, 0.1) is 10.1 Å².